The van der Waals surface area contributed by atoms with E-state index in [9.17, 15) is 20.0 Å². The van der Waals surface area contributed by atoms with Crippen molar-refractivity contribution in [3.8, 4) is 5.75 Å². The van der Waals surface area contributed by atoms with E-state index in [2.05, 4.69) is 0 Å². The Labute approximate surface area is 79.5 Å². The van der Waals surface area contributed by atoms with Crippen LogP contribution in [0.3, 0.4) is 0 Å². The second kappa shape index (κ2) is 3.73. The van der Waals surface area contributed by atoms with Crippen LogP contribution in [-0.4, -0.2) is 16.0 Å². The minimum atomic E-state index is -0.878. The number of rotatable bonds is 2. The highest BCUT2D eigenvalue weighted by molar-refractivity contribution is 5.90. The summed E-state index contributed by atoms with van der Waals surface area (Å²) < 4.78 is 0. The molecule has 14 heavy (non-hydrogen) atoms. The summed E-state index contributed by atoms with van der Waals surface area (Å²) in [7, 11) is 0. The first kappa shape index (κ1) is 9.97. The van der Waals surface area contributed by atoms with Crippen LogP contribution in [0.2, 0.25) is 0 Å². The Morgan fingerprint density at radius 3 is 2.50 bits per heavy atom. The lowest BCUT2D eigenvalue weighted by Crippen LogP contribution is -2.34. The van der Waals surface area contributed by atoms with Crippen molar-refractivity contribution < 1.29 is 14.9 Å². The third-order valence-corrected chi connectivity index (χ3v) is 1.57. The molecular formula is C8H8N2O4. The van der Waals surface area contributed by atoms with Crippen LogP contribution in [0.1, 0.15) is 6.92 Å². The predicted octanol–water partition coefficient (Wildman–Crippen LogP) is 0.937. The highest BCUT2D eigenvalue weighted by Crippen LogP contribution is 2.26. The first-order valence-corrected chi connectivity index (χ1v) is 3.77. The van der Waals surface area contributed by atoms with E-state index in [-0.39, 0.29) is 16.4 Å². The van der Waals surface area contributed by atoms with Gasteiger partial charge in [-0.1, -0.05) is 12.1 Å². The average Bonchev–Trinajstić information content (AvgIpc) is 2.07. The smallest absolute Gasteiger partial charge is 0.286 e. The predicted molar refractivity (Wildman–Crippen MR) is 48.3 cm³/mol. The minimum Gasteiger partial charge on any atom is -0.506 e. The fourth-order valence-corrected chi connectivity index (χ4v) is 1.02. The molecular weight excluding hydrogens is 188 g/mol. The molecule has 0 unspecified atom stereocenters. The topological polar surface area (TPSA) is 83.7 Å². The van der Waals surface area contributed by atoms with Crippen LogP contribution in [0.4, 0.5) is 5.69 Å². The molecule has 1 rings (SSSR count). The summed E-state index contributed by atoms with van der Waals surface area (Å²) in [5.41, 5.74) is -0.134. The lowest BCUT2D eigenvalue weighted by atomic mass is 10.3. The largest absolute Gasteiger partial charge is 0.506 e. The first-order chi connectivity index (χ1) is 6.54. The quantitative estimate of drug-likeness (QED) is 0.563. The van der Waals surface area contributed by atoms with Gasteiger partial charge in [-0.25, -0.2) is 10.1 Å². The Morgan fingerprint density at radius 2 is 2.07 bits per heavy atom. The summed E-state index contributed by atoms with van der Waals surface area (Å²) in [5, 5.41) is 19.2. The summed E-state index contributed by atoms with van der Waals surface area (Å²) in [6, 6.07) is 5.57. The van der Waals surface area contributed by atoms with E-state index >= 15 is 0 Å². The van der Waals surface area contributed by atoms with Gasteiger partial charge in [-0.3, -0.25) is 4.79 Å². The standard InChI is InChI=1S/C8H8N2O4/c1-6(11)9(10(13)14)7-4-2-3-5-8(7)12/h2-5,12H,1H3. The SMILES string of the molecule is CC(=O)N(c1ccccc1O)[N+](=O)[O-]. The molecule has 6 nitrogen and oxygen atoms in total. The lowest BCUT2D eigenvalue weighted by molar-refractivity contribution is -0.483. The van der Waals surface area contributed by atoms with Gasteiger partial charge in [-0.05, 0) is 17.1 Å². The van der Waals surface area contributed by atoms with Gasteiger partial charge >= 0.3 is 0 Å². The van der Waals surface area contributed by atoms with Gasteiger partial charge in [0.1, 0.15) is 5.75 Å². The lowest BCUT2D eigenvalue weighted by Gasteiger charge is -2.10. The van der Waals surface area contributed by atoms with Crippen molar-refractivity contribution in [2.45, 2.75) is 6.92 Å². The number of phenolic OH excluding ortho intramolecular Hbond substituents is 1. The maximum Gasteiger partial charge on any atom is 0.286 e. The summed E-state index contributed by atoms with van der Waals surface area (Å²) in [5.74, 6) is -1.07. The van der Waals surface area contributed by atoms with Crippen molar-refractivity contribution in [1.29, 1.82) is 0 Å². The van der Waals surface area contributed by atoms with Crippen LogP contribution in [0.25, 0.3) is 0 Å². The minimum absolute atomic E-state index is 0.134. The number of anilines is 1. The molecule has 0 aromatic heterocycles. The van der Waals surface area contributed by atoms with Crippen LogP contribution in [0.15, 0.2) is 24.3 Å². The maximum absolute atomic E-state index is 10.9. The normalized spacial score (nSPS) is 9.50. The molecule has 0 saturated heterocycles. The fraction of sp³-hybridized carbons (Fsp3) is 0.125. The van der Waals surface area contributed by atoms with Crippen molar-refractivity contribution in [2.75, 3.05) is 5.01 Å². The van der Waals surface area contributed by atoms with Crippen molar-refractivity contribution in [3.63, 3.8) is 0 Å². The van der Waals surface area contributed by atoms with Gasteiger partial charge in [0.05, 0.1) is 0 Å². The van der Waals surface area contributed by atoms with Gasteiger partial charge in [-0.2, -0.15) is 0 Å². The molecule has 0 saturated carbocycles. The number of benzene rings is 1. The number of aromatic hydroxyl groups is 1. The van der Waals surface area contributed by atoms with Crippen molar-refractivity contribution in [3.05, 3.63) is 34.4 Å². The summed E-state index contributed by atoms with van der Waals surface area (Å²) in [4.78, 5) is 21.4. The van der Waals surface area contributed by atoms with Gasteiger partial charge < -0.3 is 5.11 Å². The molecule has 0 aliphatic carbocycles. The first-order valence-electron chi connectivity index (χ1n) is 3.77. The van der Waals surface area contributed by atoms with E-state index < -0.39 is 10.9 Å². The number of nitrogens with zero attached hydrogens (tertiary/aromatic N) is 2. The number of amides is 1. The van der Waals surface area contributed by atoms with Gasteiger partial charge in [0.25, 0.3) is 5.91 Å². The molecule has 0 fully saturated rings. The summed E-state index contributed by atoms with van der Waals surface area (Å²) in [6.07, 6.45) is 0. The molecule has 1 aromatic carbocycles. The van der Waals surface area contributed by atoms with Gasteiger partial charge in [0.15, 0.2) is 10.7 Å². The molecule has 1 amide bonds. The summed E-state index contributed by atoms with van der Waals surface area (Å²) >= 11 is 0. The fourth-order valence-electron chi connectivity index (χ4n) is 1.02. The molecule has 0 radical (unpaired) electrons. The van der Waals surface area contributed by atoms with E-state index in [4.69, 9.17) is 0 Å². The molecule has 0 heterocycles. The molecule has 0 atom stereocenters. The van der Waals surface area contributed by atoms with E-state index in [1.54, 1.807) is 0 Å². The van der Waals surface area contributed by atoms with Crippen LogP contribution >= 0.6 is 0 Å². The summed E-state index contributed by atoms with van der Waals surface area (Å²) in [6.45, 7) is 1.05. The van der Waals surface area contributed by atoms with Crippen molar-refractivity contribution in [1.82, 2.24) is 0 Å². The van der Waals surface area contributed by atoms with E-state index in [0.29, 0.717) is 0 Å². The van der Waals surface area contributed by atoms with Gasteiger partial charge in [0.2, 0.25) is 0 Å². The van der Waals surface area contributed by atoms with Crippen LogP contribution in [-0.2, 0) is 4.79 Å². The third-order valence-electron chi connectivity index (χ3n) is 1.57. The van der Waals surface area contributed by atoms with Crippen LogP contribution in [0, 0.1) is 10.1 Å². The van der Waals surface area contributed by atoms with Crippen molar-refractivity contribution >= 4 is 11.6 Å². The Morgan fingerprint density at radius 1 is 1.50 bits per heavy atom. The molecule has 74 valence electrons. The zero-order valence-electron chi connectivity index (χ0n) is 7.38. The number of hydrazine groups is 1. The molecule has 0 aliphatic heterocycles. The third kappa shape index (κ3) is 1.79. The highest BCUT2D eigenvalue weighted by atomic mass is 16.7. The number of hydrogen-bond donors (Lipinski definition) is 1. The molecule has 1 aromatic rings. The number of carbonyl (C=O) groups is 1. The zero-order valence-corrected chi connectivity index (χ0v) is 7.38. The highest BCUT2D eigenvalue weighted by Gasteiger charge is 2.25. The van der Waals surface area contributed by atoms with Crippen molar-refractivity contribution in [2.24, 2.45) is 0 Å². The molecule has 0 spiro atoms. The van der Waals surface area contributed by atoms with Gasteiger partial charge in [-0.15, -0.1) is 0 Å². The number of carbonyl (C=O) groups excluding carboxylic acids is 1. The molecule has 0 bridgehead atoms. The van der Waals surface area contributed by atoms with E-state index in [1.807, 2.05) is 0 Å². The second-order valence-corrected chi connectivity index (χ2v) is 2.56. The number of hydrogen-bond acceptors (Lipinski definition) is 4. The van der Waals surface area contributed by atoms with Crippen LogP contribution < -0.4 is 5.01 Å². The van der Waals surface area contributed by atoms with E-state index in [1.165, 1.54) is 24.3 Å². The number of para-hydroxylation sites is 2. The molecule has 1 N–H and O–H groups in total. The molecule has 6 heteroatoms. The molecule has 0 aliphatic rings. The Kier molecular flexibility index (Phi) is 2.66. The zero-order chi connectivity index (χ0) is 10.7. The second-order valence-electron chi connectivity index (χ2n) is 2.56. The maximum atomic E-state index is 10.9. The number of phenols is 1. The van der Waals surface area contributed by atoms with E-state index in [0.717, 1.165) is 6.92 Å². The van der Waals surface area contributed by atoms with Crippen LogP contribution in [0.5, 0.6) is 5.75 Å². The number of nitro groups is 1. The Hall–Kier alpha value is -2.11. The van der Waals surface area contributed by atoms with Gasteiger partial charge in [0, 0.05) is 6.92 Å². The Balaban J connectivity index is 3.18. The average molecular weight is 196 g/mol. The monoisotopic (exact) mass is 196 g/mol. The Bertz CT molecular complexity index is 363.